The molecule has 0 N–H and O–H groups in total. The molecule has 232 valence electrons. The maximum Gasteiger partial charge on any atom is 0.159 e. The molecule has 48 heavy (non-hydrogen) atoms. The Kier molecular flexibility index (Phi) is 7.84. The van der Waals surface area contributed by atoms with Crippen molar-refractivity contribution in [1.29, 1.82) is 0 Å². The number of allylic oxidation sites excluding steroid dienone is 8. The first-order chi connectivity index (χ1) is 23.7. The molecule has 2 nitrogen and oxygen atoms in total. The summed E-state index contributed by atoms with van der Waals surface area (Å²) in [5, 5.41) is 1.90. The number of aryl methyl sites for hydroxylation is 1. The van der Waals surface area contributed by atoms with Crippen molar-refractivity contribution in [2.24, 2.45) is 0 Å². The van der Waals surface area contributed by atoms with Crippen LogP contribution in [0.5, 0.6) is 0 Å². The van der Waals surface area contributed by atoms with Gasteiger partial charge in [0.15, 0.2) is 5.42 Å². The highest BCUT2D eigenvalue weighted by Crippen LogP contribution is 2.44. The first kappa shape index (κ1) is 29.5. The van der Waals surface area contributed by atoms with Crippen LogP contribution in [0.15, 0.2) is 168 Å². The van der Waals surface area contributed by atoms with Gasteiger partial charge in [-0.2, -0.15) is 0 Å². The Bertz CT molecular complexity index is 2380. The van der Waals surface area contributed by atoms with Crippen LogP contribution >= 0.6 is 0 Å². The minimum atomic E-state index is 0.0667. The normalized spacial score (nSPS) is 16.1. The Hall–Kier alpha value is -5.86. The van der Waals surface area contributed by atoms with E-state index in [9.17, 15) is 0 Å². The van der Waals surface area contributed by atoms with Gasteiger partial charge in [-0.05, 0) is 71.9 Å². The van der Waals surface area contributed by atoms with Crippen LogP contribution in [0.3, 0.4) is 0 Å². The van der Waals surface area contributed by atoms with Crippen LogP contribution in [-0.2, 0) is 0 Å². The van der Waals surface area contributed by atoms with Crippen molar-refractivity contribution < 1.29 is 4.42 Å². The Morgan fingerprint density at radius 3 is 2.40 bits per heavy atom. The van der Waals surface area contributed by atoms with Gasteiger partial charge in [0.25, 0.3) is 0 Å². The lowest BCUT2D eigenvalue weighted by atomic mass is 9.85. The molecule has 1 heterocycles. The first-order valence-electron chi connectivity index (χ1n) is 16.7. The van der Waals surface area contributed by atoms with E-state index in [-0.39, 0.29) is 5.92 Å². The van der Waals surface area contributed by atoms with Gasteiger partial charge in [0, 0.05) is 33.3 Å². The number of hydrogen-bond acceptors (Lipinski definition) is 2. The number of para-hydroxylation sites is 2. The van der Waals surface area contributed by atoms with E-state index in [0.29, 0.717) is 0 Å². The summed E-state index contributed by atoms with van der Waals surface area (Å²) in [6, 6.07) is 45.3. The molecule has 0 fully saturated rings. The number of benzene rings is 5. The SMILES string of the molecule is C=c1/c(=C(\c2ccccc2C2C=CC=C2c2ccccc2)N(c2cccc(C)c2)c2ccccc2C2=CC=CCC2)oc2ccccc12. The smallest absolute Gasteiger partial charge is 0.159 e. The van der Waals surface area contributed by atoms with E-state index < -0.39 is 0 Å². The zero-order chi connectivity index (χ0) is 32.5. The summed E-state index contributed by atoms with van der Waals surface area (Å²) in [4.78, 5) is 2.41. The lowest BCUT2D eigenvalue weighted by molar-refractivity contribution is 0.571. The Morgan fingerprint density at radius 2 is 1.56 bits per heavy atom. The van der Waals surface area contributed by atoms with Crippen LogP contribution in [0.2, 0.25) is 0 Å². The minimum absolute atomic E-state index is 0.0667. The van der Waals surface area contributed by atoms with Gasteiger partial charge < -0.3 is 9.32 Å². The predicted molar refractivity (Wildman–Crippen MR) is 202 cm³/mol. The molecule has 0 bridgehead atoms. The molecule has 1 unspecified atom stereocenters. The van der Waals surface area contributed by atoms with E-state index in [1.165, 1.54) is 33.4 Å². The molecule has 0 radical (unpaired) electrons. The Labute approximate surface area is 282 Å². The molecule has 0 saturated heterocycles. The van der Waals surface area contributed by atoms with Gasteiger partial charge in [-0.15, -0.1) is 0 Å². The standard InChI is InChI=1S/C46H37NO/c1-32-17-15-22-36(31-32)47(43-29-13-11-24-39(43)35-20-7-4-8-21-35)45(46-33(2)37-23-12-14-30-44(37)48-46)42-26-10-9-25-41(42)40-28-16-27-38(40)34-18-5-3-6-19-34/h3-7,9-20,22-31,40H,2,8,21H2,1H3/b46-45-. The summed E-state index contributed by atoms with van der Waals surface area (Å²) in [5.41, 5.74) is 13.3. The van der Waals surface area contributed by atoms with Gasteiger partial charge in [0.2, 0.25) is 0 Å². The minimum Gasteiger partial charge on any atom is -0.454 e. The highest BCUT2D eigenvalue weighted by molar-refractivity contribution is 5.95. The number of rotatable bonds is 7. The molecule has 0 amide bonds. The van der Waals surface area contributed by atoms with Crippen LogP contribution in [0.4, 0.5) is 11.4 Å². The lowest BCUT2D eigenvalue weighted by Crippen LogP contribution is -2.31. The summed E-state index contributed by atoms with van der Waals surface area (Å²) in [5.74, 6) is 0.0667. The third kappa shape index (κ3) is 5.36. The van der Waals surface area contributed by atoms with Gasteiger partial charge in [-0.25, -0.2) is 0 Å². The molecule has 1 aromatic heterocycles. The van der Waals surface area contributed by atoms with Crippen LogP contribution in [0, 0.1) is 6.92 Å². The van der Waals surface area contributed by atoms with E-state index in [1.54, 1.807) is 0 Å². The van der Waals surface area contributed by atoms with Gasteiger partial charge in [0.1, 0.15) is 5.58 Å². The maximum atomic E-state index is 6.88. The predicted octanol–water partition coefficient (Wildman–Crippen LogP) is 10.6. The number of nitrogens with zero attached hydrogens (tertiary/aromatic N) is 1. The highest BCUT2D eigenvalue weighted by Gasteiger charge is 2.29. The van der Waals surface area contributed by atoms with Crippen molar-refractivity contribution in [2.45, 2.75) is 25.7 Å². The molecule has 0 saturated carbocycles. The average molecular weight is 620 g/mol. The van der Waals surface area contributed by atoms with Gasteiger partial charge in [-0.3, -0.25) is 0 Å². The fourth-order valence-corrected chi connectivity index (χ4v) is 7.20. The second-order valence-electron chi connectivity index (χ2n) is 12.5. The molecule has 2 aliphatic rings. The Morgan fingerprint density at radius 1 is 0.771 bits per heavy atom. The third-order valence-corrected chi connectivity index (χ3v) is 9.47. The van der Waals surface area contributed by atoms with E-state index in [0.717, 1.165) is 57.1 Å². The van der Waals surface area contributed by atoms with Crippen LogP contribution in [0.25, 0.3) is 34.4 Å². The number of fused-ring (bicyclic) bond motifs is 1. The van der Waals surface area contributed by atoms with E-state index in [2.05, 4.69) is 170 Å². The van der Waals surface area contributed by atoms with Crippen molar-refractivity contribution in [2.75, 3.05) is 4.90 Å². The molecule has 1 atom stereocenters. The van der Waals surface area contributed by atoms with Gasteiger partial charge in [-0.1, -0.05) is 146 Å². The quantitative estimate of drug-likeness (QED) is 0.177. The molecule has 0 aliphatic heterocycles. The summed E-state index contributed by atoms with van der Waals surface area (Å²) in [6.07, 6.45) is 15.5. The number of hydrogen-bond donors (Lipinski definition) is 0. The fourth-order valence-electron chi connectivity index (χ4n) is 7.20. The summed E-state index contributed by atoms with van der Waals surface area (Å²) >= 11 is 0. The van der Waals surface area contributed by atoms with E-state index >= 15 is 0 Å². The van der Waals surface area contributed by atoms with E-state index in [1.807, 2.05) is 12.1 Å². The molecule has 2 heteroatoms. The van der Waals surface area contributed by atoms with Crippen molar-refractivity contribution >= 4 is 45.8 Å². The second-order valence-corrected chi connectivity index (χ2v) is 12.5. The molecule has 0 spiro atoms. The highest BCUT2D eigenvalue weighted by atomic mass is 16.3. The number of anilines is 2. The molecular formula is C46H37NO. The maximum absolute atomic E-state index is 6.88. The third-order valence-electron chi connectivity index (χ3n) is 9.47. The molecule has 8 rings (SSSR count). The van der Waals surface area contributed by atoms with Crippen LogP contribution in [-0.4, -0.2) is 0 Å². The summed E-state index contributed by atoms with van der Waals surface area (Å²) in [6.45, 7) is 6.81. The van der Waals surface area contributed by atoms with Crippen molar-refractivity contribution in [3.8, 4) is 0 Å². The number of furan rings is 1. The molecule has 6 aromatic rings. The van der Waals surface area contributed by atoms with Gasteiger partial charge in [0.05, 0.1) is 11.4 Å². The largest absolute Gasteiger partial charge is 0.454 e. The second kappa shape index (κ2) is 12.7. The van der Waals surface area contributed by atoms with Crippen molar-refractivity contribution in [1.82, 2.24) is 0 Å². The summed E-state index contributed by atoms with van der Waals surface area (Å²) in [7, 11) is 0. The Balaban J connectivity index is 1.47. The molecule has 2 aliphatic carbocycles. The zero-order valence-electron chi connectivity index (χ0n) is 27.1. The molecular weight excluding hydrogens is 583 g/mol. The van der Waals surface area contributed by atoms with Crippen molar-refractivity contribution in [3.05, 3.63) is 202 Å². The van der Waals surface area contributed by atoms with Gasteiger partial charge >= 0.3 is 0 Å². The van der Waals surface area contributed by atoms with Crippen molar-refractivity contribution in [3.63, 3.8) is 0 Å². The van der Waals surface area contributed by atoms with Crippen LogP contribution < -0.4 is 15.5 Å². The topological polar surface area (TPSA) is 16.4 Å². The first-order valence-corrected chi connectivity index (χ1v) is 16.7. The molecule has 5 aromatic carbocycles. The monoisotopic (exact) mass is 619 g/mol. The zero-order valence-corrected chi connectivity index (χ0v) is 27.1. The average Bonchev–Trinajstić information content (AvgIpc) is 3.76. The fraction of sp³-hybridized carbons (Fsp3) is 0.0870. The van der Waals surface area contributed by atoms with Crippen LogP contribution in [0.1, 0.15) is 46.6 Å². The van der Waals surface area contributed by atoms with E-state index in [4.69, 9.17) is 4.42 Å². The summed E-state index contributed by atoms with van der Waals surface area (Å²) < 4.78 is 6.88. The lowest BCUT2D eigenvalue weighted by Gasteiger charge is -2.32.